The van der Waals surface area contributed by atoms with Crippen LogP contribution < -0.4 is 5.32 Å². The summed E-state index contributed by atoms with van der Waals surface area (Å²) in [5.74, 6) is 0. The normalized spacial score (nSPS) is 17.9. The zero-order valence-electron chi connectivity index (χ0n) is 12.3. The van der Waals surface area contributed by atoms with Crippen LogP contribution in [0.3, 0.4) is 0 Å². The molecule has 1 heterocycles. The number of nitrogens with one attached hydrogen (secondary N) is 1. The molecule has 1 aliphatic heterocycles. The molecule has 0 amide bonds. The van der Waals surface area contributed by atoms with Gasteiger partial charge in [-0.3, -0.25) is 10.1 Å². The molecular formula is C15H22N2O4. The standard InChI is InChI=1S/C15H22N2O4/c1-2-8-16-15-12(5-3-7-14(15)17(18)19)10-20-11-13-6-4-9-21-13/h3,5,7,13,16H,2,4,6,8-11H2,1H3. The van der Waals surface area contributed by atoms with Gasteiger partial charge in [-0.15, -0.1) is 0 Å². The molecular weight excluding hydrogens is 272 g/mol. The third kappa shape index (κ3) is 4.41. The highest BCUT2D eigenvalue weighted by Gasteiger charge is 2.19. The Morgan fingerprint density at radius 2 is 2.38 bits per heavy atom. The molecule has 0 aromatic heterocycles. The highest BCUT2D eigenvalue weighted by molar-refractivity contribution is 5.66. The lowest BCUT2D eigenvalue weighted by Gasteiger charge is -2.14. The van der Waals surface area contributed by atoms with Gasteiger partial charge in [0.1, 0.15) is 5.69 Å². The third-order valence-corrected chi connectivity index (χ3v) is 3.46. The Morgan fingerprint density at radius 1 is 1.52 bits per heavy atom. The largest absolute Gasteiger partial charge is 0.379 e. The fraction of sp³-hybridized carbons (Fsp3) is 0.600. The van der Waals surface area contributed by atoms with Crippen LogP contribution in [0.25, 0.3) is 0 Å². The molecule has 6 heteroatoms. The van der Waals surface area contributed by atoms with Crippen LogP contribution in [-0.4, -0.2) is 30.8 Å². The predicted octanol–water partition coefficient (Wildman–Crippen LogP) is 3.11. The number of rotatable bonds is 8. The summed E-state index contributed by atoms with van der Waals surface area (Å²) in [5, 5.41) is 14.3. The summed E-state index contributed by atoms with van der Waals surface area (Å²) in [6, 6.07) is 5.07. The molecule has 0 spiro atoms. The van der Waals surface area contributed by atoms with Crippen molar-refractivity contribution in [3.8, 4) is 0 Å². The molecule has 1 N–H and O–H groups in total. The maximum Gasteiger partial charge on any atom is 0.292 e. The van der Waals surface area contributed by atoms with E-state index in [1.54, 1.807) is 6.07 Å². The van der Waals surface area contributed by atoms with Gasteiger partial charge in [0.05, 0.1) is 24.2 Å². The first-order valence-corrected chi connectivity index (χ1v) is 7.42. The molecule has 1 unspecified atom stereocenters. The molecule has 1 aliphatic rings. The molecule has 1 aromatic carbocycles. The topological polar surface area (TPSA) is 73.6 Å². The molecule has 1 fully saturated rings. The van der Waals surface area contributed by atoms with E-state index in [1.165, 1.54) is 6.07 Å². The molecule has 0 radical (unpaired) electrons. The Morgan fingerprint density at radius 3 is 3.05 bits per heavy atom. The fourth-order valence-electron chi connectivity index (χ4n) is 2.39. The second-order valence-corrected chi connectivity index (χ2v) is 5.15. The van der Waals surface area contributed by atoms with Crippen molar-refractivity contribution in [1.29, 1.82) is 0 Å². The van der Waals surface area contributed by atoms with Crippen LogP contribution in [0.2, 0.25) is 0 Å². The van der Waals surface area contributed by atoms with Crippen molar-refractivity contribution in [2.24, 2.45) is 0 Å². The van der Waals surface area contributed by atoms with Gasteiger partial charge in [0.25, 0.3) is 5.69 Å². The van der Waals surface area contributed by atoms with Gasteiger partial charge in [-0.05, 0) is 19.3 Å². The van der Waals surface area contributed by atoms with Gasteiger partial charge >= 0.3 is 0 Å². The van der Waals surface area contributed by atoms with Gasteiger partial charge in [-0.25, -0.2) is 0 Å². The highest BCUT2D eigenvalue weighted by atomic mass is 16.6. The minimum absolute atomic E-state index is 0.0988. The van der Waals surface area contributed by atoms with E-state index in [9.17, 15) is 10.1 Å². The predicted molar refractivity (Wildman–Crippen MR) is 80.5 cm³/mol. The first-order valence-electron chi connectivity index (χ1n) is 7.42. The summed E-state index contributed by atoms with van der Waals surface area (Å²) in [5.41, 5.74) is 1.48. The Bertz CT molecular complexity index is 473. The van der Waals surface area contributed by atoms with Gasteiger partial charge in [0.2, 0.25) is 0 Å². The number of nitro groups is 1. The van der Waals surface area contributed by atoms with E-state index < -0.39 is 0 Å². The number of benzene rings is 1. The number of anilines is 1. The molecule has 1 aromatic rings. The van der Waals surface area contributed by atoms with Gasteiger partial charge in [0.15, 0.2) is 0 Å². The van der Waals surface area contributed by atoms with Crippen LogP contribution in [0, 0.1) is 10.1 Å². The minimum atomic E-state index is -0.360. The summed E-state index contributed by atoms with van der Waals surface area (Å²) in [6.07, 6.45) is 3.17. The molecule has 0 saturated carbocycles. The zero-order chi connectivity index (χ0) is 15.1. The summed E-state index contributed by atoms with van der Waals surface area (Å²) in [6.45, 7) is 4.41. The van der Waals surface area contributed by atoms with Crippen molar-refractivity contribution in [1.82, 2.24) is 0 Å². The molecule has 21 heavy (non-hydrogen) atoms. The van der Waals surface area contributed by atoms with Crippen LogP contribution in [0.5, 0.6) is 0 Å². The van der Waals surface area contributed by atoms with Crippen molar-refractivity contribution < 1.29 is 14.4 Å². The van der Waals surface area contributed by atoms with Crippen LogP contribution in [0.4, 0.5) is 11.4 Å². The van der Waals surface area contributed by atoms with E-state index in [1.807, 2.05) is 13.0 Å². The summed E-state index contributed by atoms with van der Waals surface area (Å²) < 4.78 is 11.2. The minimum Gasteiger partial charge on any atom is -0.379 e. The van der Waals surface area contributed by atoms with Crippen LogP contribution in [-0.2, 0) is 16.1 Å². The zero-order valence-corrected chi connectivity index (χ0v) is 12.3. The Hall–Kier alpha value is -1.66. The van der Waals surface area contributed by atoms with E-state index in [0.29, 0.717) is 25.4 Å². The van der Waals surface area contributed by atoms with E-state index in [4.69, 9.17) is 9.47 Å². The quantitative estimate of drug-likeness (QED) is 0.589. The van der Waals surface area contributed by atoms with Crippen molar-refractivity contribution in [2.45, 2.75) is 38.9 Å². The Labute approximate surface area is 124 Å². The average molecular weight is 294 g/mol. The number of ether oxygens (including phenoxy) is 2. The van der Waals surface area contributed by atoms with Crippen molar-refractivity contribution >= 4 is 11.4 Å². The van der Waals surface area contributed by atoms with Crippen molar-refractivity contribution in [3.63, 3.8) is 0 Å². The Balaban J connectivity index is 2.01. The van der Waals surface area contributed by atoms with E-state index in [-0.39, 0.29) is 16.7 Å². The molecule has 6 nitrogen and oxygen atoms in total. The second kappa shape index (κ2) is 7.95. The third-order valence-electron chi connectivity index (χ3n) is 3.46. The molecule has 116 valence electrons. The maximum atomic E-state index is 11.1. The lowest BCUT2D eigenvalue weighted by Crippen LogP contribution is -2.14. The van der Waals surface area contributed by atoms with Gasteiger partial charge in [-0.2, -0.15) is 0 Å². The summed E-state index contributed by atoms with van der Waals surface area (Å²) in [4.78, 5) is 10.8. The molecule has 2 rings (SSSR count). The number of nitrogens with zero attached hydrogens (tertiary/aromatic N) is 1. The molecule has 1 atom stereocenters. The molecule has 1 saturated heterocycles. The number of para-hydroxylation sites is 1. The summed E-state index contributed by atoms with van der Waals surface area (Å²) in [7, 11) is 0. The van der Waals surface area contributed by atoms with Crippen molar-refractivity contribution in [2.75, 3.05) is 25.1 Å². The van der Waals surface area contributed by atoms with Gasteiger partial charge < -0.3 is 14.8 Å². The number of hydrogen-bond donors (Lipinski definition) is 1. The maximum absolute atomic E-state index is 11.1. The SMILES string of the molecule is CCCNc1c(COCC2CCCO2)cccc1[N+](=O)[O-]. The smallest absolute Gasteiger partial charge is 0.292 e. The monoisotopic (exact) mass is 294 g/mol. The van der Waals surface area contributed by atoms with Crippen LogP contribution in [0.1, 0.15) is 31.7 Å². The lowest BCUT2D eigenvalue weighted by molar-refractivity contribution is -0.384. The van der Waals surface area contributed by atoms with Gasteiger partial charge in [-0.1, -0.05) is 19.1 Å². The van der Waals surface area contributed by atoms with E-state index in [0.717, 1.165) is 31.4 Å². The molecule has 0 aliphatic carbocycles. The van der Waals surface area contributed by atoms with Crippen LogP contribution in [0.15, 0.2) is 18.2 Å². The number of hydrogen-bond acceptors (Lipinski definition) is 5. The Kier molecular flexibility index (Phi) is 5.95. The first-order chi connectivity index (χ1) is 10.2. The fourth-order valence-corrected chi connectivity index (χ4v) is 2.39. The van der Waals surface area contributed by atoms with E-state index in [2.05, 4.69) is 5.32 Å². The van der Waals surface area contributed by atoms with E-state index >= 15 is 0 Å². The highest BCUT2D eigenvalue weighted by Crippen LogP contribution is 2.29. The van der Waals surface area contributed by atoms with Gasteiger partial charge in [0, 0.05) is 24.8 Å². The van der Waals surface area contributed by atoms with Crippen LogP contribution >= 0.6 is 0 Å². The second-order valence-electron chi connectivity index (χ2n) is 5.15. The average Bonchev–Trinajstić information content (AvgIpc) is 2.98. The first kappa shape index (κ1) is 15.7. The molecule has 0 bridgehead atoms. The number of nitro benzene ring substituents is 1. The summed E-state index contributed by atoms with van der Waals surface area (Å²) >= 11 is 0. The van der Waals surface area contributed by atoms with Crippen molar-refractivity contribution in [3.05, 3.63) is 33.9 Å². The lowest BCUT2D eigenvalue weighted by atomic mass is 10.1.